The van der Waals surface area contributed by atoms with E-state index in [1.165, 1.54) is 29.4 Å². The number of nitriles is 1. The van der Waals surface area contributed by atoms with Gasteiger partial charge in [0, 0.05) is 25.4 Å². The summed E-state index contributed by atoms with van der Waals surface area (Å²) in [6.07, 6.45) is -8.95. The zero-order valence-corrected chi connectivity index (χ0v) is 22.5. The summed E-state index contributed by atoms with van der Waals surface area (Å²) in [6.45, 7) is 1.99. The maximum absolute atomic E-state index is 14.8. The Morgan fingerprint density at radius 2 is 1.77 bits per heavy atom. The van der Waals surface area contributed by atoms with Gasteiger partial charge in [0.2, 0.25) is 0 Å². The summed E-state index contributed by atoms with van der Waals surface area (Å²) >= 11 is 9.19. The van der Waals surface area contributed by atoms with Gasteiger partial charge in [-0.05, 0) is 59.5 Å². The molecule has 0 radical (unpaired) electrons. The monoisotopic (exact) mass is 639 g/mol. The summed E-state index contributed by atoms with van der Waals surface area (Å²) in [4.78, 5) is 14.7. The van der Waals surface area contributed by atoms with E-state index >= 15 is 0 Å². The maximum Gasteiger partial charge on any atom is 0.437 e. The maximum atomic E-state index is 14.8. The van der Waals surface area contributed by atoms with Crippen molar-refractivity contribution < 1.29 is 35.5 Å². The van der Waals surface area contributed by atoms with Crippen molar-refractivity contribution in [3.63, 3.8) is 0 Å². The highest BCUT2D eigenvalue weighted by Gasteiger charge is 2.75. The van der Waals surface area contributed by atoms with Crippen molar-refractivity contribution in [3.8, 4) is 23.0 Å². The summed E-state index contributed by atoms with van der Waals surface area (Å²) < 4.78 is 95.9. The van der Waals surface area contributed by atoms with Crippen LogP contribution in [0.15, 0.2) is 41.1 Å². The van der Waals surface area contributed by atoms with E-state index < -0.39 is 35.2 Å². The molecule has 6 nitrogen and oxygen atoms in total. The summed E-state index contributed by atoms with van der Waals surface area (Å²) in [5, 5.41) is 13.7. The topological polar surface area (TPSA) is 66.8 Å². The summed E-state index contributed by atoms with van der Waals surface area (Å²) in [6, 6.07) is 7.00. The third-order valence-corrected chi connectivity index (χ3v) is 7.54. The van der Waals surface area contributed by atoms with Crippen LogP contribution < -0.4 is 0 Å². The molecule has 1 saturated carbocycles. The Bertz CT molecular complexity index is 1470. The van der Waals surface area contributed by atoms with Crippen LogP contribution in [0.2, 0.25) is 5.02 Å². The lowest BCUT2D eigenvalue weighted by Gasteiger charge is -2.30. The second kappa shape index (κ2) is 9.55. The molecule has 2 heterocycles. The van der Waals surface area contributed by atoms with Crippen LogP contribution in [-0.4, -0.2) is 49.6 Å². The number of carbonyl (C=O) groups excluding carboxylic acids is 1. The smallest absolute Gasteiger partial charge is 0.329 e. The number of carbonyl (C=O) groups is 1. The fourth-order valence-electron chi connectivity index (χ4n) is 4.40. The lowest BCUT2D eigenvalue weighted by Crippen LogP contribution is -2.51. The standard InChI is InChI=1S/C24H18BrClF7N5O/c1-3-37(21(12-34)6-7-21)20(39)15-8-13(4-5-17(15)26)14-10-35-38(11-14)19-16(25)9-18(36(19)2)22(27,23(28,29)30)24(31,32)33/h4-5,8-11H,3,6-7H2,1-2H3. The average Bonchev–Trinajstić information content (AvgIpc) is 3.38. The molecule has 0 atom stereocenters. The SMILES string of the molecule is CCN(C(=O)c1cc(-c2cnn(-c3c(Br)cc(C(F)(C(F)(F)F)C(F)(F)F)n3C)c2)ccc1Cl)C1(C#N)CC1. The molecule has 208 valence electrons. The number of hydrogen-bond donors (Lipinski definition) is 0. The number of amides is 1. The molecule has 3 aromatic rings. The number of halogens is 9. The molecule has 0 saturated heterocycles. The van der Waals surface area contributed by atoms with Gasteiger partial charge in [-0.1, -0.05) is 17.7 Å². The van der Waals surface area contributed by atoms with E-state index in [-0.39, 0.29) is 27.4 Å². The predicted octanol–water partition coefficient (Wildman–Crippen LogP) is 7.10. The predicted molar refractivity (Wildman–Crippen MR) is 130 cm³/mol. The largest absolute Gasteiger partial charge is 0.437 e. The normalized spacial score (nSPS) is 15.2. The first kappa shape index (κ1) is 28.9. The van der Waals surface area contributed by atoms with Crippen LogP contribution in [-0.2, 0) is 12.7 Å². The van der Waals surface area contributed by atoms with Crippen LogP contribution in [0.4, 0.5) is 30.7 Å². The molecular weight excluding hydrogens is 623 g/mol. The number of rotatable bonds is 6. The lowest BCUT2D eigenvalue weighted by atomic mass is 10.0. The molecule has 0 aliphatic heterocycles. The first-order valence-electron chi connectivity index (χ1n) is 11.3. The second-order valence-electron chi connectivity index (χ2n) is 8.98. The van der Waals surface area contributed by atoms with E-state index in [1.807, 2.05) is 0 Å². The van der Waals surface area contributed by atoms with E-state index in [4.69, 9.17) is 11.6 Å². The van der Waals surface area contributed by atoms with Crippen LogP contribution >= 0.6 is 27.5 Å². The third kappa shape index (κ3) is 4.59. The van der Waals surface area contributed by atoms with Gasteiger partial charge in [-0.15, -0.1) is 0 Å². The van der Waals surface area contributed by atoms with E-state index in [0.29, 0.717) is 34.6 Å². The highest BCUT2D eigenvalue weighted by molar-refractivity contribution is 9.10. The molecule has 39 heavy (non-hydrogen) atoms. The highest BCUT2D eigenvalue weighted by atomic mass is 79.9. The molecule has 15 heteroatoms. The molecule has 0 N–H and O–H groups in total. The van der Waals surface area contributed by atoms with Gasteiger partial charge in [0.25, 0.3) is 5.91 Å². The van der Waals surface area contributed by atoms with Crippen LogP contribution in [0.1, 0.15) is 35.8 Å². The minimum atomic E-state index is -6.29. The Kier molecular flexibility index (Phi) is 7.09. The molecule has 0 spiro atoms. The van der Waals surface area contributed by atoms with E-state index in [1.54, 1.807) is 13.0 Å². The summed E-state index contributed by atoms with van der Waals surface area (Å²) in [5.74, 6) is -0.775. The molecule has 4 rings (SSSR count). The molecule has 0 unspecified atom stereocenters. The quantitative estimate of drug-likeness (QED) is 0.270. The highest BCUT2D eigenvalue weighted by Crippen LogP contribution is 2.54. The minimum Gasteiger partial charge on any atom is -0.329 e. The van der Waals surface area contributed by atoms with Crippen molar-refractivity contribution in [1.29, 1.82) is 5.26 Å². The van der Waals surface area contributed by atoms with Crippen molar-refractivity contribution in [3.05, 3.63) is 57.4 Å². The summed E-state index contributed by atoms with van der Waals surface area (Å²) in [7, 11) is 0.851. The molecule has 0 bridgehead atoms. The van der Waals surface area contributed by atoms with Gasteiger partial charge in [-0.2, -0.15) is 36.7 Å². The number of nitrogens with zero attached hydrogens (tertiary/aromatic N) is 5. The van der Waals surface area contributed by atoms with Crippen molar-refractivity contribution in [1.82, 2.24) is 19.2 Å². The Balaban J connectivity index is 1.74. The zero-order valence-electron chi connectivity index (χ0n) is 20.1. The molecule has 1 aromatic carbocycles. The minimum absolute atomic E-state index is 0.102. The fraction of sp³-hybridized carbons (Fsp3) is 0.375. The van der Waals surface area contributed by atoms with Gasteiger partial charge in [0.05, 0.1) is 33.0 Å². The zero-order chi connectivity index (χ0) is 29.1. The first-order chi connectivity index (χ1) is 18.0. The Labute approximate surface area is 230 Å². The summed E-state index contributed by atoms with van der Waals surface area (Å²) in [5.41, 5.74) is -7.38. The first-order valence-corrected chi connectivity index (χ1v) is 12.5. The van der Waals surface area contributed by atoms with Gasteiger partial charge in [-0.25, -0.2) is 9.07 Å². The molecular formula is C24H18BrClF7N5O. The van der Waals surface area contributed by atoms with Gasteiger partial charge >= 0.3 is 18.0 Å². The molecule has 1 aliphatic carbocycles. The fourth-order valence-corrected chi connectivity index (χ4v) is 5.27. The Morgan fingerprint density at radius 3 is 2.28 bits per heavy atom. The van der Waals surface area contributed by atoms with Gasteiger partial charge in [0.15, 0.2) is 0 Å². The number of alkyl halides is 7. The van der Waals surface area contributed by atoms with E-state index in [9.17, 15) is 40.8 Å². The molecule has 1 aliphatic rings. The third-order valence-electron chi connectivity index (χ3n) is 6.63. The van der Waals surface area contributed by atoms with E-state index in [2.05, 4.69) is 27.1 Å². The van der Waals surface area contributed by atoms with Crippen molar-refractivity contribution in [2.24, 2.45) is 7.05 Å². The number of hydrogen-bond acceptors (Lipinski definition) is 3. The Morgan fingerprint density at radius 1 is 1.15 bits per heavy atom. The van der Waals surface area contributed by atoms with Gasteiger partial charge in [0.1, 0.15) is 11.4 Å². The lowest BCUT2D eigenvalue weighted by molar-refractivity contribution is -0.350. The van der Waals surface area contributed by atoms with Crippen molar-refractivity contribution in [2.75, 3.05) is 6.54 Å². The van der Waals surface area contributed by atoms with Crippen LogP contribution in [0.25, 0.3) is 16.9 Å². The molecule has 2 aromatic heterocycles. The van der Waals surface area contributed by atoms with Crippen molar-refractivity contribution >= 4 is 33.4 Å². The van der Waals surface area contributed by atoms with E-state index in [0.717, 1.165) is 11.7 Å². The second-order valence-corrected chi connectivity index (χ2v) is 10.2. The number of aromatic nitrogens is 3. The average molecular weight is 641 g/mol. The number of benzene rings is 1. The molecule has 1 amide bonds. The van der Waals surface area contributed by atoms with Crippen LogP contribution in [0.5, 0.6) is 0 Å². The van der Waals surface area contributed by atoms with Crippen LogP contribution in [0.3, 0.4) is 0 Å². The van der Waals surface area contributed by atoms with Gasteiger partial charge < -0.3 is 9.47 Å². The van der Waals surface area contributed by atoms with Gasteiger partial charge in [-0.3, -0.25) is 4.79 Å². The molecule has 1 fully saturated rings. The van der Waals surface area contributed by atoms with Crippen molar-refractivity contribution in [2.45, 2.75) is 43.3 Å². The van der Waals surface area contributed by atoms with Crippen LogP contribution in [0, 0.1) is 11.3 Å². The Hall–Kier alpha value is -3.05.